The Morgan fingerprint density at radius 1 is 1.23 bits per heavy atom. The predicted octanol–water partition coefficient (Wildman–Crippen LogP) is 1.22. The summed E-state index contributed by atoms with van der Waals surface area (Å²) in [5.74, 6) is 0.403. The summed E-state index contributed by atoms with van der Waals surface area (Å²) in [7, 11) is 0. The highest BCUT2D eigenvalue weighted by Gasteiger charge is 2.14. The smallest absolute Gasteiger partial charge is 0.355 e. The molecule has 0 fully saturated rings. The van der Waals surface area contributed by atoms with Crippen molar-refractivity contribution in [2.45, 2.75) is 6.54 Å². The first-order valence-corrected chi connectivity index (χ1v) is 6.68. The molecular weight excluding hydrogens is 288 g/mol. The second-order valence-corrected chi connectivity index (χ2v) is 4.62. The topological polar surface area (TPSA) is 89.7 Å². The molecule has 3 rings (SSSR count). The van der Waals surface area contributed by atoms with E-state index in [-0.39, 0.29) is 19.3 Å². The first-order valence-electron chi connectivity index (χ1n) is 6.68. The van der Waals surface area contributed by atoms with Crippen molar-refractivity contribution in [3.63, 3.8) is 0 Å². The molecule has 7 nitrogen and oxygen atoms in total. The fourth-order valence-corrected chi connectivity index (χ4v) is 1.97. The van der Waals surface area contributed by atoms with Crippen LogP contribution in [-0.2, 0) is 16.1 Å². The van der Waals surface area contributed by atoms with Gasteiger partial charge in [-0.3, -0.25) is 4.79 Å². The lowest BCUT2D eigenvalue weighted by Crippen LogP contribution is -2.28. The van der Waals surface area contributed by atoms with Crippen LogP contribution in [0.15, 0.2) is 36.5 Å². The zero-order chi connectivity index (χ0) is 15.4. The molecule has 2 heterocycles. The summed E-state index contributed by atoms with van der Waals surface area (Å²) in [5.41, 5.74) is 1.18. The number of esters is 1. The van der Waals surface area contributed by atoms with E-state index in [1.807, 2.05) is 6.07 Å². The van der Waals surface area contributed by atoms with Gasteiger partial charge in [-0.25, -0.2) is 4.79 Å². The van der Waals surface area contributed by atoms with E-state index in [1.165, 1.54) is 0 Å². The molecule has 0 bridgehead atoms. The minimum Gasteiger partial charge on any atom is -0.454 e. The zero-order valence-corrected chi connectivity index (χ0v) is 11.6. The number of nitrogens with one attached hydrogen (secondary N) is 2. The molecule has 7 heteroatoms. The number of hydrogen-bond acceptors (Lipinski definition) is 5. The van der Waals surface area contributed by atoms with E-state index in [1.54, 1.807) is 30.5 Å². The Kier molecular flexibility index (Phi) is 3.95. The molecule has 0 spiro atoms. The number of H-pyrrole nitrogens is 1. The summed E-state index contributed by atoms with van der Waals surface area (Å²) in [5, 5.41) is 2.67. The van der Waals surface area contributed by atoms with Crippen molar-refractivity contribution in [2.75, 3.05) is 13.4 Å². The van der Waals surface area contributed by atoms with E-state index in [0.717, 1.165) is 5.56 Å². The number of aromatic nitrogens is 1. The lowest BCUT2D eigenvalue weighted by Gasteiger charge is -2.07. The molecule has 0 radical (unpaired) electrons. The average molecular weight is 302 g/mol. The van der Waals surface area contributed by atoms with Crippen LogP contribution in [0.3, 0.4) is 0 Å². The molecule has 1 aromatic heterocycles. The van der Waals surface area contributed by atoms with Gasteiger partial charge in [-0.1, -0.05) is 6.07 Å². The summed E-state index contributed by atoms with van der Waals surface area (Å²) in [4.78, 5) is 25.9. The number of rotatable bonds is 5. The standard InChI is InChI=1S/C15H14N2O5/c18-14(8-20-15(19)11-2-1-5-16-11)17-7-10-3-4-12-13(6-10)22-9-21-12/h1-6,16H,7-9H2,(H,17,18). The van der Waals surface area contributed by atoms with Crippen LogP contribution in [0, 0.1) is 0 Å². The predicted molar refractivity (Wildman–Crippen MR) is 75.5 cm³/mol. The van der Waals surface area contributed by atoms with Crippen LogP contribution >= 0.6 is 0 Å². The fraction of sp³-hybridized carbons (Fsp3) is 0.200. The van der Waals surface area contributed by atoms with Crippen molar-refractivity contribution in [1.29, 1.82) is 0 Å². The van der Waals surface area contributed by atoms with E-state index in [9.17, 15) is 9.59 Å². The molecule has 22 heavy (non-hydrogen) atoms. The van der Waals surface area contributed by atoms with Gasteiger partial charge in [-0.05, 0) is 29.8 Å². The molecule has 2 N–H and O–H groups in total. The molecule has 0 unspecified atom stereocenters. The molecule has 1 aromatic carbocycles. The van der Waals surface area contributed by atoms with Gasteiger partial charge in [-0.2, -0.15) is 0 Å². The van der Waals surface area contributed by atoms with Crippen LogP contribution in [0.2, 0.25) is 0 Å². The van der Waals surface area contributed by atoms with Crippen LogP contribution in [-0.4, -0.2) is 30.3 Å². The van der Waals surface area contributed by atoms with Gasteiger partial charge in [0.25, 0.3) is 5.91 Å². The molecule has 114 valence electrons. The maximum atomic E-state index is 11.7. The number of hydrogen-bond donors (Lipinski definition) is 2. The van der Waals surface area contributed by atoms with Crippen molar-refractivity contribution in [2.24, 2.45) is 0 Å². The van der Waals surface area contributed by atoms with Crippen LogP contribution in [0.25, 0.3) is 0 Å². The Labute approximate surface area is 126 Å². The maximum Gasteiger partial charge on any atom is 0.355 e. The van der Waals surface area contributed by atoms with E-state index >= 15 is 0 Å². The van der Waals surface area contributed by atoms with Gasteiger partial charge in [0.1, 0.15) is 5.69 Å². The number of aromatic amines is 1. The largest absolute Gasteiger partial charge is 0.454 e. The number of carbonyl (C=O) groups is 2. The fourth-order valence-electron chi connectivity index (χ4n) is 1.97. The third-order valence-corrected chi connectivity index (χ3v) is 3.08. The summed E-state index contributed by atoms with van der Waals surface area (Å²) in [6, 6.07) is 8.67. The Bertz CT molecular complexity index is 681. The summed E-state index contributed by atoms with van der Waals surface area (Å²) < 4.78 is 15.4. The highest BCUT2D eigenvalue weighted by atomic mass is 16.7. The minimum atomic E-state index is -0.566. The number of carbonyl (C=O) groups excluding carboxylic acids is 2. The molecule has 1 aliphatic heterocycles. The lowest BCUT2D eigenvalue weighted by atomic mass is 10.2. The molecule has 0 atom stereocenters. The molecule has 0 saturated carbocycles. The van der Waals surface area contributed by atoms with Crippen molar-refractivity contribution in [3.8, 4) is 11.5 Å². The number of benzene rings is 1. The van der Waals surface area contributed by atoms with Crippen molar-refractivity contribution >= 4 is 11.9 Å². The van der Waals surface area contributed by atoms with E-state index in [2.05, 4.69) is 10.3 Å². The third-order valence-electron chi connectivity index (χ3n) is 3.08. The normalized spacial score (nSPS) is 12.0. The van der Waals surface area contributed by atoms with E-state index in [0.29, 0.717) is 23.7 Å². The highest BCUT2D eigenvalue weighted by Crippen LogP contribution is 2.32. The molecule has 1 amide bonds. The third kappa shape index (κ3) is 3.20. The van der Waals surface area contributed by atoms with Gasteiger partial charge in [0.2, 0.25) is 6.79 Å². The van der Waals surface area contributed by atoms with Gasteiger partial charge in [0, 0.05) is 12.7 Å². The van der Waals surface area contributed by atoms with Crippen LogP contribution in [0.1, 0.15) is 16.1 Å². The average Bonchev–Trinajstić information content (AvgIpc) is 3.20. The van der Waals surface area contributed by atoms with Crippen molar-refractivity contribution in [1.82, 2.24) is 10.3 Å². The highest BCUT2D eigenvalue weighted by molar-refractivity contribution is 5.89. The van der Waals surface area contributed by atoms with E-state index < -0.39 is 5.97 Å². The van der Waals surface area contributed by atoms with Gasteiger partial charge < -0.3 is 24.5 Å². The quantitative estimate of drug-likeness (QED) is 0.811. The van der Waals surface area contributed by atoms with Crippen LogP contribution in [0.5, 0.6) is 11.5 Å². The second kappa shape index (κ2) is 6.21. The van der Waals surface area contributed by atoms with Crippen molar-refractivity contribution in [3.05, 3.63) is 47.8 Å². The van der Waals surface area contributed by atoms with Crippen LogP contribution < -0.4 is 14.8 Å². The molecule has 0 saturated heterocycles. The van der Waals surface area contributed by atoms with Crippen LogP contribution in [0.4, 0.5) is 0 Å². The van der Waals surface area contributed by atoms with E-state index in [4.69, 9.17) is 14.2 Å². The number of fused-ring (bicyclic) bond motifs is 1. The Morgan fingerprint density at radius 3 is 2.91 bits per heavy atom. The summed E-state index contributed by atoms with van der Waals surface area (Å²) in [6.45, 7) is 0.192. The van der Waals surface area contributed by atoms with Gasteiger partial charge in [-0.15, -0.1) is 0 Å². The van der Waals surface area contributed by atoms with Gasteiger partial charge in [0.05, 0.1) is 0 Å². The Morgan fingerprint density at radius 2 is 2.09 bits per heavy atom. The monoisotopic (exact) mass is 302 g/mol. The SMILES string of the molecule is O=C(COC(=O)c1ccc[nH]1)NCc1ccc2c(c1)OCO2. The summed E-state index contributed by atoms with van der Waals surface area (Å²) in [6.07, 6.45) is 1.61. The van der Waals surface area contributed by atoms with Gasteiger partial charge >= 0.3 is 5.97 Å². The molecule has 0 aliphatic carbocycles. The Balaban J connectivity index is 1.45. The first kappa shape index (κ1) is 14.0. The Hall–Kier alpha value is -2.96. The number of amides is 1. The summed E-state index contributed by atoms with van der Waals surface area (Å²) >= 11 is 0. The van der Waals surface area contributed by atoms with Gasteiger partial charge in [0.15, 0.2) is 18.1 Å². The molecule has 1 aliphatic rings. The first-order chi connectivity index (χ1) is 10.7. The second-order valence-electron chi connectivity index (χ2n) is 4.62. The molecular formula is C15H14N2O5. The number of ether oxygens (including phenoxy) is 3. The maximum absolute atomic E-state index is 11.7. The lowest BCUT2D eigenvalue weighted by molar-refractivity contribution is -0.124. The van der Waals surface area contributed by atoms with Crippen molar-refractivity contribution < 1.29 is 23.8 Å². The molecule has 2 aromatic rings. The minimum absolute atomic E-state index is 0.208. The zero-order valence-electron chi connectivity index (χ0n) is 11.6.